The third-order valence-corrected chi connectivity index (χ3v) is 5.41. The summed E-state index contributed by atoms with van der Waals surface area (Å²) < 4.78 is 40.2. The Morgan fingerprint density at radius 2 is 2.05 bits per heavy atom. The van der Waals surface area contributed by atoms with Crippen LogP contribution in [0.3, 0.4) is 0 Å². The second-order valence-electron chi connectivity index (χ2n) is 4.08. The van der Waals surface area contributed by atoms with Crippen LogP contribution in [0.4, 0.5) is 10.1 Å². The molecule has 20 heavy (non-hydrogen) atoms. The quantitative estimate of drug-likeness (QED) is 0.379. The number of rotatable bonds is 7. The van der Waals surface area contributed by atoms with Gasteiger partial charge in [0.1, 0.15) is 4.90 Å². The van der Waals surface area contributed by atoms with Crippen LogP contribution in [0, 0.1) is 5.82 Å². The third-order valence-electron chi connectivity index (χ3n) is 2.57. The average Bonchev–Trinajstić information content (AvgIpc) is 2.40. The monoisotopic (exact) mass is 388 g/mol. The number of nitrogens with one attached hydrogen (secondary N) is 1. The van der Waals surface area contributed by atoms with Crippen LogP contribution in [0.5, 0.6) is 0 Å². The smallest absolute Gasteiger partial charge is 0.243 e. The molecule has 0 aliphatic carbocycles. The Balaban J connectivity index is 2.88. The Kier molecular flexibility index (Phi) is 6.67. The van der Waals surface area contributed by atoms with Crippen molar-refractivity contribution in [3.05, 3.63) is 21.4 Å². The van der Waals surface area contributed by atoms with Crippen LogP contribution in [-0.2, 0) is 10.0 Å². The highest BCUT2D eigenvalue weighted by atomic mass is 79.9. The predicted molar refractivity (Wildman–Crippen MR) is 79.6 cm³/mol. The molecule has 0 fully saturated rings. The summed E-state index contributed by atoms with van der Waals surface area (Å²) in [4.78, 5) is -0.578. The molecule has 0 unspecified atom stereocenters. The Labute approximate surface area is 130 Å². The molecule has 0 heterocycles. The van der Waals surface area contributed by atoms with Crippen molar-refractivity contribution in [3.8, 4) is 0 Å². The number of hydrogen-bond acceptors (Lipinski definition) is 4. The zero-order valence-electron chi connectivity index (χ0n) is 10.5. The second kappa shape index (κ2) is 7.56. The van der Waals surface area contributed by atoms with Gasteiger partial charge in [-0.25, -0.2) is 17.5 Å². The summed E-state index contributed by atoms with van der Waals surface area (Å²) >= 11 is 8.76. The van der Waals surface area contributed by atoms with Gasteiger partial charge in [0.2, 0.25) is 10.0 Å². The first kappa shape index (κ1) is 17.6. The van der Waals surface area contributed by atoms with Gasteiger partial charge in [0, 0.05) is 13.2 Å². The van der Waals surface area contributed by atoms with Gasteiger partial charge in [0.05, 0.1) is 15.2 Å². The third kappa shape index (κ3) is 4.29. The van der Waals surface area contributed by atoms with Crippen molar-refractivity contribution in [2.75, 3.05) is 18.9 Å². The molecule has 5 nitrogen and oxygen atoms in total. The van der Waals surface area contributed by atoms with Crippen molar-refractivity contribution in [2.24, 2.45) is 0 Å². The number of nitrogens with two attached hydrogens (primary N) is 1. The molecule has 0 spiro atoms. The summed E-state index contributed by atoms with van der Waals surface area (Å²) in [7, 11) is -4.01. The highest BCUT2D eigenvalue weighted by molar-refractivity contribution is 9.10. The lowest BCUT2D eigenvalue weighted by atomic mass is 10.2. The Morgan fingerprint density at radius 1 is 1.40 bits per heavy atom. The maximum Gasteiger partial charge on any atom is 0.243 e. The molecule has 114 valence electrons. The highest BCUT2D eigenvalue weighted by Gasteiger charge is 2.23. The Hall–Kier alpha value is -0.410. The van der Waals surface area contributed by atoms with E-state index in [2.05, 4.69) is 20.7 Å². The fourth-order valence-electron chi connectivity index (χ4n) is 1.49. The van der Waals surface area contributed by atoms with Gasteiger partial charge in [-0.15, -0.1) is 0 Å². The minimum absolute atomic E-state index is 0.0181. The molecule has 0 bridgehead atoms. The molecule has 4 N–H and O–H groups in total. The number of aliphatic hydroxyl groups excluding tert-OH is 1. The molecule has 0 saturated heterocycles. The summed E-state index contributed by atoms with van der Waals surface area (Å²) in [5.41, 5.74) is 5.10. The summed E-state index contributed by atoms with van der Waals surface area (Å²) in [6.45, 7) is 0.204. The number of unbranched alkanes of at least 4 members (excludes halogenated alkanes) is 2. The molecule has 1 aromatic rings. The van der Waals surface area contributed by atoms with Crippen molar-refractivity contribution in [2.45, 2.75) is 24.2 Å². The first-order valence-electron chi connectivity index (χ1n) is 5.84. The van der Waals surface area contributed by atoms with Gasteiger partial charge in [0.15, 0.2) is 5.82 Å². The van der Waals surface area contributed by atoms with Gasteiger partial charge in [-0.3, -0.25) is 0 Å². The number of hydrogen-bond donors (Lipinski definition) is 3. The molecule has 0 saturated carbocycles. The number of halogens is 3. The van der Waals surface area contributed by atoms with Crippen molar-refractivity contribution in [3.63, 3.8) is 0 Å². The second-order valence-corrected chi connectivity index (χ2v) is 7.02. The van der Waals surface area contributed by atoms with Crippen LogP contribution < -0.4 is 10.5 Å². The zero-order valence-corrected chi connectivity index (χ0v) is 13.7. The topological polar surface area (TPSA) is 92.4 Å². The van der Waals surface area contributed by atoms with E-state index in [-0.39, 0.29) is 28.3 Å². The maximum absolute atomic E-state index is 13.9. The lowest BCUT2D eigenvalue weighted by Gasteiger charge is -2.11. The van der Waals surface area contributed by atoms with E-state index in [4.69, 9.17) is 22.4 Å². The molecule has 0 atom stereocenters. The van der Waals surface area contributed by atoms with E-state index in [1.54, 1.807) is 0 Å². The molecule has 0 radical (unpaired) electrons. The molecular weight excluding hydrogens is 375 g/mol. The molecular formula is C11H15BrClFN2O3S. The van der Waals surface area contributed by atoms with Crippen molar-refractivity contribution >= 4 is 43.2 Å². The molecule has 1 rings (SSSR count). The summed E-state index contributed by atoms with van der Waals surface area (Å²) in [6.07, 6.45) is 1.80. The minimum Gasteiger partial charge on any atom is -0.396 e. The van der Waals surface area contributed by atoms with Crippen molar-refractivity contribution in [1.82, 2.24) is 4.72 Å². The number of sulfonamides is 1. The molecule has 0 aliphatic rings. The number of benzene rings is 1. The van der Waals surface area contributed by atoms with E-state index in [1.165, 1.54) is 0 Å². The van der Waals surface area contributed by atoms with Gasteiger partial charge < -0.3 is 10.8 Å². The van der Waals surface area contributed by atoms with Crippen LogP contribution in [-0.4, -0.2) is 26.7 Å². The van der Waals surface area contributed by atoms with Crippen LogP contribution in [0.25, 0.3) is 0 Å². The summed E-state index contributed by atoms with van der Waals surface area (Å²) in [6, 6.07) is 1.01. The zero-order chi connectivity index (χ0) is 15.3. The van der Waals surface area contributed by atoms with E-state index < -0.39 is 20.7 Å². The first-order chi connectivity index (χ1) is 9.31. The Bertz CT molecular complexity index is 584. The lowest BCUT2D eigenvalue weighted by Crippen LogP contribution is -2.26. The number of nitrogen functional groups attached to an aromatic ring is 1. The highest BCUT2D eigenvalue weighted by Crippen LogP contribution is 2.34. The molecule has 1 aromatic carbocycles. The fraction of sp³-hybridized carbons (Fsp3) is 0.455. The van der Waals surface area contributed by atoms with Crippen molar-refractivity contribution < 1.29 is 17.9 Å². The molecule has 9 heteroatoms. The van der Waals surface area contributed by atoms with E-state index in [0.717, 1.165) is 6.07 Å². The maximum atomic E-state index is 13.9. The van der Waals surface area contributed by atoms with Crippen LogP contribution in [0.1, 0.15) is 19.3 Å². The van der Waals surface area contributed by atoms with E-state index in [9.17, 15) is 12.8 Å². The summed E-state index contributed by atoms with van der Waals surface area (Å²) in [5.74, 6) is -1.04. The van der Waals surface area contributed by atoms with E-state index >= 15 is 0 Å². The van der Waals surface area contributed by atoms with E-state index in [1.807, 2.05) is 0 Å². The van der Waals surface area contributed by atoms with Crippen molar-refractivity contribution in [1.29, 1.82) is 0 Å². The van der Waals surface area contributed by atoms with Crippen LogP contribution in [0.15, 0.2) is 15.4 Å². The predicted octanol–water partition coefficient (Wildman–Crippen LogP) is 2.26. The first-order valence-corrected chi connectivity index (χ1v) is 8.50. The van der Waals surface area contributed by atoms with E-state index in [0.29, 0.717) is 19.3 Å². The normalized spacial score (nSPS) is 11.8. The summed E-state index contributed by atoms with van der Waals surface area (Å²) in [5, 5.41) is 8.62. The minimum atomic E-state index is -4.01. The Morgan fingerprint density at radius 3 is 2.65 bits per heavy atom. The molecule has 0 aliphatic heterocycles. The van der Waals surface area contributed by atoms with Gasteiger partial charge in [0.25, 0.3) is 0 Å². The lowest BCUT2D eigenvalue weighted by molar-refractivity contribution is 0.283. The van der Waals surface area contributed by atoms with Gasteiger partial charge in [-0.05, 0) is 41.3 Å². The fourth-order valence-corrected chi connectivity index (χ4v) is 3.24. The average molecular weight is 390 g/mol. The largest absolute Gasteiger partial charge is 0.396 e. The van der Waals surface area contributed by atoms with Gasteiger partial charge in [-0.1, -0.05) is 11.6 Å². The standard InChI is InChI=1S/C11H15BrClFN2O3S/c12-9-7(13)6-8(10(14)11(9)15)20(18,19)16-4-2-1-3-5-17/h6,16-17H,1-5,15H2. The van der Waals surface area contributed by atoms with Gasteiger partial charge >= 0.3 is 0 Å². The molecule has 0 amide bonds. The molecule has 0 aromatic heterocycles. The van der Waals surface area contributed by atoms with Crippen LogP contribution in [0.2, 0.25) is 5.02 Å². The van der Waals surface area contributed by atoms with Crippen LogP contribution >= 0.6 is 27.5 Å². The number of anilines is 1. The number of aliphatic hydroxyl groups is 1. The van der Waals surface area contributed by atoms with Gasteiger partial charge in [-0.2, -0.15) is 0 Å². The SMILES string of the molecule is Nc1c(F)c(S(=O)(=O)NCCCCCO)cc(Cl)c1Br.